The molecule has 2 aromatic rings. The van der Waals surface area contributed by atoms with Crippen molar-refractivity contribution in [3.8, 4) is 0 Å². The molecule has 1 nitrogen and oxygen atoms in total. The lowest BCUT2D eigenvalue weighted by atomic mass is 10.2. The lowest BCUT2D eigenvalue weighted by molar-refractivity contribution is 0.916. The van der Waals surface area contributed by atoms with Crippen molar-refractivity contribution in [1.82, 2.24) is 4.98 Å². The molecule has 0 saturated carbocycles. The molecule has 0 aromatic carbocycles. The predicted molar refractivity (Wildman–Crippen MR) is 84.1 cm³/mol. The van der Waals surface area contributed by atoms with Crippen LogP contribution in [0.1, 0.15) is 21.0 Å². The highest BCUT2D eigenvalue weighted by Gasteiger charge is 2.14. The van der Waals surface area contributed by atoms with Crippen molar-refractivity contribution >= 4 is 59.1 Å². The molecular formula is C12H10Br3NS. The summed E-state index contributed by atoms with van der Waals surface area (Å²) in [5.41, 5.74) is 2.31. The zero-order valence-electron chi connectivity index (χ0n) is 9.08. The Bertz CT molecular complexity index is 487. The molecule has 0 aliphatic carbocycles. The summed E-state index contributed by atoms with van der Waals surface area (Å²) in [5.74, 6) is 0. The standard InChI is InChI=1S/C12H10Br3NS/c1-7-2-3-8(16-6-7)4-9(13)11-5-10(14)12(15)17-11/h2-3,5-6,9H,4H2,1H3. The summed E-state index contributed by atoms with van der Waals surface area (Å²) in [6.07, 6.45) is 2.81. The van der Waals surface area contributed by atoms with Gasteiger partial charge in [-0.1, -0.05) is 22.0 Å². The fraction of sp³-hybridized carbons (Fsp3) is 0.250. The maximum atomic E-state index is 4.42. The molecule has 0 N–H and O–H groups in total. The Morgan fingerprint density at radius 1 is 1.35 bits per heavy atom. The predicted octanol–water partition coefficient (Wildman–Crippen LogP) is 5.66. The minimum absolute atomic E-state index is 0.310. The van der Waals surface area contributed by atoms with Crippen molar-refractivity contribution in [3.05, 3.63) is 48.8 Å². The van der Waals surface area contributed by atoms with Crippen LogP contribution in [0.2, 0.25) is 0 Å². The molecule has 0 radical (unpaired) electrons. The molecule has 0 amide bonds. The van der Waals surface area contributed by atoms with Crippen LogP contribution in [0.25, 0.3) is 0 Å². The quantitative estimate of drug-likeness (QED) is 0.562. The van der Waals surface area contributed by atoms with E-state index in [0.29, 0.717) is 4.83 Å². The van der Waals surface area contributed by atoms with Crippen LogP contribution in [-0.4, -0.2) is 4.98 Å². The lowest BCUT2D eigenvalue weighted by Gasteiger charge is -2.06. The Labute approximate surface area is 130 Å². The Balaban J connectivity index is 2.11. The number of thiophene rings is 1. The van der Waals surface area contributed by atoms with Crippen LogP contribution >= 0.6 is 59.1 Å². The van der Waals surface area contributed by atoms with E-state index in [1.807, 2.05) is 6.20 Å². The molecule has 1 atom stereocenters. The van der Waals surface area contributed by atoms with E-state index in [0.717, 1.165) is 20.4 Å². The molecule has 90 valence electrons. The molecular weight excluding hydrogens is 430 g/mol. The lowest BCUT2D eigenvalue weighted by Crippen LogP contribution is -1.95. The zero-order chi connectivity index (χ0) is 12.4. The molecule has 2 aromatic heterocycles. The highest BCUT2D eigenvalue weighted by atomic mass is 79.9. The van der Waals surface area contributed by atoms with Crippen LogP contribution in [0.3, 0.4) is 0 Å². The minimum atomic E-state index is 0.310. The third-order valence-corrected chi connectivity index (χ3v) is 6.82. The summed E-state index contributed by atoms with van der Waals surface area (Å²) < 4.78 is 2.24. The largest absolute Gasteiger partial charge is 0.261 e. The molecule has 0 aliphatic heterocycles. The molecule has 2 rings (SSSR count). The van der Waals surface area contributed by atoms with E-state index in [2.05, 4.69) is 77.9 Å². The first-order valence-electron chi connectivity index (χ1n) is 5.06. The summed E-state index contributed by atoms with van der Waals surface area (Å²) >= 11 is 12.5. The van der Waals surface area contributed by atoms with Gasteiger partial charge in [0.25, 0.3) is 0 Å². The van der Waals surface area contributed by atoms with Crippen LogP contribution in [-0.2, 0) is 6.42 Å². The summed E-state index contributed by atoms with van der Waals surface area (Å²) in [5, 5.41) is 0. The number of hydrogen-bond donors (Lipinski definition) is 0. The summed E-state index contributed by atoms with van der Waals surface area (Å²) in [6, 6.07) is 6.33. The van der Waals surface area contributed by atoms with Gasteiger partial charge in [-0.05, 0) is 56.5 Å². The maximum absolute atomic E-state index is 4.42. The first-order valence-corrected chi connectivity index (χ1v) is 8.38. The fourth-order valence-corrected chi connectivity index (χ4v) is 4.23. The number of aromatic nitrogens is 1. The third-order valence-electron chi connectivity index (χ3n) is 2.33. The second kappa shape index (κ2) is 5.95. The number of alkyl halides is 1. The topological polar surface area (TPSA) is 12.9 Å². The highest BCUT2D eigenvalue weighted by Crippen LogP contribution is 2.39. The number of nitrogens with zero attached hydrogens (tertiary/aromatic N) is 1. The van der Waals surface area contributed by atoms with Gasteiger partial charge in [-0.25, -0.2) is 0 Å². The zero-order valence-corrected chi connectivity index (χ0v) is 14.7. The van der Waals surface area contributed by atoms with Crippen molar-refractivity contribution in [2.45, 2.75) is 18.2 Å². The van der Waals surface area contributed by atoms with Crippen LogP contribution in [0.4, 0.5) is 0 Å². The van der Waals surface area contributed by atoms with E-state index in [1.165, 1.54) is 10.4 Å². The van der Waals surface area contributed by atoms with Crippen molar-refractivity contribution in [3.63, 3.8) is 0 Å². The molecule has 0 spiro atoms. The summed E-state index contributed by atoms with van der Waals surface area (Å²) in [6.45, 7) is 2.05. The highest BCUT2D eigenvalue weighted by molar-refractivity contribution is 9.13. The fourth-order valence-electron chi connectivity index (χ4n) is 1.42. The van der Waals surface area contributed by atoms with Crippen LogP contribution in [0, 0.1) is 6.92 Å². The van der Waals surface area contributed by atoms with Gasteiger partial charge >= 0.3 is 0 Å². The van der Waals surface area contributed by atoms with Gasteiger partial charge in [0, 0.05) is 27.7 Å². The molecule has 17 heavy (non-hydrogen) atoms. The minimum Gasteiger partial charge on any atom is -0.261 e. The number of aryl methyl sites for hydroxylation is 1. The van der Waals surface area contributed by atoms with Gasteiger partial charge in [-0.15, -0.1) is 11.3 Å². The van der Waals surface area contributed by atoms with Gasteiger partial charge in [0.15, 0.2) is 0 Å². The van der Waals surface area contributed by atoms with Crippen LogP contribution in [0.15, 0.2) is 32.7 Å². The number of pyridine rings is 1. The van der Waals surface area contributed by atoms with E-state index >= 15 is 0 Å². The number of hydrogen-bond acceptors (Lipinski definition) is 2. The summed E-state index contributed by atoms with van der Waals surface area (Å²) in [4.78, 5) is 6.03. The van der Waals surface area contributed by atoms with Crippen molar-refractivity contribution < 1.29 is 0 Å². The SMILES string of the molecule is Cc1ccc(CC(Br)c2cc(Br)c(Br)s2)nc1. The van der Waals surface area contributed by atoms with Crippen molar-refractivity contribution in [2.75, 3.05) is 0 Å². The van der Waals surface area contributed by atoms with Gasteiger partial charge in [0.2, 0.25) is 0 Å². The van der Waals surface area contributed by atoms with Crippen LogP contribution in [0.5, 0.6) is 0 Å². The smallest absolute Gasteiger partial charge is 0.0843 e. The Hall–Kier alpha value is 0.290. The Morgan fingerprint density at radius 2 is 2.12 bits per heavy atom. The first-order chi connectivity index (χ1) is 8.06. The molecule has 1 unspecified atom stereocenters. The average molecular weight is 440 g/mol. The van der Waals surface area contributed by atoms with Crippen LogP contribution < -0.4 is 0 Å². The van der Waals surface area contributed by atoms with Crippen molar-refractivity contribution in [1.29, 1.82) is 0 Å². The van der Waals surface area contributed by atoms with Gasteiger partial charge in [-0.2, -0.15) is 0 Å². The van der Waals surface area contributed by atoms with Gasteiger partial charge in [0.05, 0.1) is 8.61 Å². The third kappa shape index (κ3) is 3.63. The maximum Gasteiger partial charge on any atom is 0.0843 e. The molecule has 2 heterocycles. The van der Waals surface area contributed by atoms with Gasteiger partial charge in [-0.3, -0.25) is 4.98 Å². The van der Waals surface area contributed by atoms with E-state index < -0.39 is 0 Å². The van der Waals surface area contributed by atoms with E-state index in [-0.39, 0.29) is 0 Å². The molecule has 5 heteroatoms. The Kier molecular flexibility index (Phi) is 4.80. The first kappa shape index (κ1) is 13.7. The van der Waals surface area contributed by atoms with Gasteiger partial charge < -0.3 is 0 Å². The summed E-state index contributed by atoms with van der Waals surface area (Å²) in [7, 11) is 0. The van der Waals surface area contributed by atoms with E-state index in [1.54, 1.807) is 11.3 Å². The van der Waals surface area contributed by atoms with E-state index in [9.17, 15) is 0 Å². The van der Waals surface area contributed by atoms with E-state index in [4.69, 9.17) is 0 Å². The van der Waals surface area contributed by atoms with Crippen molar-refractivity contribution in [2.24, 2.45) is 0 Å². The molecule has 0 saturated heterocycles. The number of rotatable bonds is 3. The second-order valence-corrected chi connectivity index (χ2v) is 8.13. The monoisotopic (exact) mass is 437 g/mol. The molecule has 0 fully saturated rings. The normalized spacial score (nSPS) is 12.7. The number of halogens is 3. The molecule has 0 aliphatic rings. The molecule has 0 bridgehead atoms. The average Bonchev–Trinajstić information content (AvgIpc) is 2.63. The second-order valence-electron chi connectivity index (χ2n) is 3.77. The Morgan fingerprint density at radius 3 is 2.65 bits per heavy atom. The van der Waals surface area contributed by atoms with Gasteiger partial charge in [0.1, 0.15) is 0 Å².